The molecule has 0 aliphatic rings. The van der Waals surface area contributed by atoms with E-state index in [0.717, 1.165) is 19.2 Å². The minimum absolute atomic E-state index is 0.543. The van der Waals surface area contributed by atoms with Crippen LogP contribution in [-0.2, 0) is 6.42 Å². The van der Waals surface area contributed by atoms with Crippen molar-refractivity contribution < 1.29 is 5.11 Å². The maximum Gasteiger partial charge on any atom is 0.0931 e. The number of halogens is 3. The van der Waals surface area contributed by atoms with E-state index >= 15 is 0 Å². The van der Waals surface area contributed by atoms with Crippen LogP contribution in [0.5, 0.6) is 0 Å². The summed E-state index contributed by atoms with van der Waals surface area (Å²) >= 11 is 16.6. The van der Waals surface area contributed by atoms with Crippen LogP contribution in [0.4, 0.5) is 0 Å². The molecule has 0 amide bonds. The average molecular weight is 352 g/mol. The molecule has 1 aromatic carbocycles. The smallest absolute Gasteiger partial charge is 0.0931 e. The normalized spacial score (nSPS) is 12.7. The van der Waals surface area contributed by atoms with Gasteiger partial charge >= 0.3 is 0 Å². The zero-order valence-corrected chi connectivity index (χ0v) is 12.6. The predicted molar refractivity (Wildman–Crippen MR) is 77.1 cm³/mol. The summed E-state index contributed by atoms with van der Waals surface area (Å²) in [6, 6.07) is 9.20. The van der Waals surface area contributed by atoms with Crippen LogP contribution >= 0.6 is 50.5 Å². The van der Waals surface area contributed by atoms with E-state index in [1.165, 1.54) is 11.3 Å². The Morgan fingerprint density at radius 2 is 2.00 bits per heavy atom. The van der Waals surface area contributed by atoms with E-state index in [1.807, 2.05) is 24.3 Å². The number of thiophene rings is 1. The van der Waals surface area contributed by atoms with E-state index in [4.69, 9.17) is 23.2 Å². The summed E-state index contributed by atoms with van der Waals surface area (Å²) < 4.78 is 1.53. The molecule has 0 fully saturated rings. The Bertz CT molecular complexity index is 527. The molecular weight excluding hydrogens is 343 g/mol. The summed E-state index contributed by atoms with van der Waals surface area (Å²) in [5.74, 6) is 0. The fraction of sp³-hybridized carbons (Fsp3) is 0.167. The molecule has 2 aromatic rings. The third-order valence-corrected chi connectivity index (χ3v) is 4.82. The second kappa shape index (κ2) is 5.72. The van der Waals surface area contributed by atoms with Gasteiger partial charge in [-0.25, -0.2) is 0 Å². The standard InChI is InChI=1S/C12H9BrCl2OS/c13-9-5-7(1-3-10(9)14)11(16)6-8-2-4-12(15)17-8/h1-5,11,16H,6H2. The molecular formula is C12H9BrCl2OS. The number of hydrogen-bond acceptors (Lipinski definition) is 2. The first-order valence-electron chi connectivity index (χ1n) is 4.93. The van der Waals surface area contributed by atoms with Crippen molar-refractivity contribution >= 4 is 50.5 Å². The first kappa shape index (κ1) is 13.4. The zero-order valence-electron chi connectivity index (χ0n) is 8.66. The third-order valence-electron chi connectivity index (χ3n) is 2.35. The molecule has 0 radical (unpaired) electrons. The van der Waals surface area contributed by atoms with Crippen LogP contribution in [0.3, 0.4) is 0 Å². The molecule has 0 saturated heterocycles. The van der Waals surface area contributed by atoms with Crippen molar-refractivity contribution in [2.45, 2.75) is 12.5 Å². The van der Waals surface area contributed by atoms with Crippen molar-refractivity contribution in [2.24, 2.45) is 0 Å². The van der Waals surface area contributed by atoms with Gasteiger partial charge in [0.2, 0.25) is 0 Å². The van der Waals surface area contributed by atoms with Crippen molar-refractivity contribution in [3.05, 3.63) is 54.6 Å². The van der Waals surface area contributed by atoms with Gasteiger partial charge in [0.15, 0.2) is 0 Å². The monoisotopic (exact) mass is 350 g/mol. The van der Waals surface area contributed by atoms with Gasteiger partial charge in [0.25, 0.3) is 0 Å². The number of hydrogen-bond donors (Lipinski definition) is 1. The van der Waals surface area contributed by atoms with E-state index in [-0.39, 0.29) is 0 Å². The molecule has 0 bridgehead atoms. The van der Waals surface area contributed by atoms with Gasteiger partial charge in [-0.1, -0.05) is 29.3 Å². The summed E-state index contributed by atoms with van der Waals surface area (Å²) in [5, 5.41) is 10.7. The average Bonchev–Trinajstić information content (AvgIpc) is 2.68. The highest BCUT2D eigenvalue weighted by molar-refractivity contribution is 9.10. The van der Waals surface area contributed by atoms with Crippen molar-refractivity contribution in [3.8, 4) is 0 Å². The lowest BCUT2D eigenvalue weighted by Gasteiger charge is -2.10. The van der Waals surface area contributed by atoms with Crippen LogP contribution in [0.25, 0.3) is 0 Å². The Morgan fingerprint density at radius 1 is 1.24 bits per heavy atom. The molecule has 1 nitrogen and oxygen atoms in total. The maximum atomic E-state index is 10.1. The molecule has 1 N–H and O–H groups in total. The molecule has 17 heavy (non-hydrogen) atoms. The van der Waals surface area contributed by atoms with Crippen LogP contribution in [0.2, 0.25) is 9.36 Å². The molecule has 2 rings (SSSR count). The van der Waals surface area contributed by atoms with Crippen LogP contribution in [-0.4, -0.2) is 5.11 Å². The first-order chi connectivity index (χ1) is 8.06. The van der Waals surface area contributed by atoms with E-state index in [1.54, 1.807) is 6.07 Å². The Labute approximate surface area is 122 Å². The molecule has 5 heteroatoms. The highest BCUT2D eigenvalue weighted by atomic mass is 79.9. The second-order valence-electron chi connectivity index (χ2n) is 3.60. The summed E-state index contributed by atoms with van der Waals surface area (Å²) in [5.41, 5.74) is 0.839. The molecule has 1 aromatic heterocycles. The van der Waals surface area contributed by atoms with Crippen molar-refractivity contribution in [1.29, 1.82) is 0 Å². The summed E-state index contributed by atoms with van der Waals surface area (Å²) in [4.78, 5) is 1.06. The topological polar surface area (TPSA) is 20.2 Å². The van der Waals surface area contributed by atoms with Crippen molar-refractivity contribution in [1.82, 2.24) is 0 Å². The van der Waals surface area contributed by atoms with E-state index in [0.29, 0.717) is 11.4 Å². The SMILES string of the molecule is OC(Cc1ccc(Cl)s1)c1ccc(Cl)c(Br)c1. The minimum Gasteiger partial charge on any atom is -0.388 e. The molecule has 0 aliphatic heterocycles. The van der Waals surface area contributed by atoms with Gasteiger partial charge in [-0.15, -0.1) is 11.3 Å². The molecule has 0 spiro atoms. The molecule has 0 saturated carbocycles. The number of aliphatic hydroxyl groups excluding tert-OH is 1. The van der Waals surface area contributed by atoms with E-state index in [9.17, 15) is 5.11 Å². The van der Waals surface area contributed by atoms with Gasteiger partial charge in [-0.05, 0) is 45.8 Å². The summed E-state index contributed by atoms with van der Waals surface area (Å²) in [6.07, 6.45) is 0.0177. The largest absolute Gasteiger partial charge is 0.388 e. The minimum atomic E-state index is -0.543. The van der Waals surface area contributed by atoms with Crippen LogP contribution < -0.4 is 0 Å². The fourth-order valence-corrected chi connectivity index (χ4v) is 3.13. The van der Waals surface area contributed by atoms with Crippen LogP contribution in [0, 0.1) is 0 Å². The summed E-state index contributed by atoms with van der Waals surface area (Å²) in [6.45, 7) is 0. The van der Waals surface area contributed by atoms with Crippen molar-refractivity contribution in [3.63, 3.8) is 0 Å². The number of benzene rings is 1. The quantitative estimate of drug-likeness (QED) is 0.816. The fourth-order valence-electron chi connectivity index (χ4n) is 1.49. The Kier molecular flexibility index (Phi) is 4.50. The van der Waals surface area contributed by atoms with Gasteiger partial charge in [-0.3, -0.25) is 0 Å². The lowest BCUT2D eigenvalue weighted by Crippen LogP contribution is -2.00. The highest BCUT2D eigenvalue weighted by Crippen LogP contribution is 2.30. The zero-order chi connectivity index (χ0) is 12.4. The second-order valence-corrected chi connectivity index (χ2v) is 6.66. The molecule has 0 aliphatic carbocycles. The van der Waals surface area contributed by atoms with Gasteiger partial charge in [0, 0.05) is 15.8 Å². The maximum absolute atomic E-state index is 10.1. The summed E-state index contributed by atoms with van der Waals surface area (Å²) in [7, 11) is 0. The van der Waals surface area contributed by atoms with E-state index in [2.05, 4.69) is 15.9 Å². The number of aliphatic hydroxyl groups is 1. The van der Waals surface area contributed by atoms with Gasteiger partial charge in [-0.2, -0.15) is 0 Å². The Morgan fingerprint density at radius 3 is 2.59 bits per heavy atom. The Hall–Kier alpha value is -0.0600. The van der Waals surface area contributed by atoms with Crippen LogP contribution in [0.15, 0.2) is 34.8 Å². The highest BCUT2D eigenvalue weighted by Gasteiger charge is 2.11. The van der Waals surface area contributed by atoms with Gasteiger partial charge in [0.05, 0.1) is 15.5 Å². The lowest BCUT2D eigenvalue weighted by atomic mass is 10.1. The molecule has 90 valence electrons. The predicted octanol–water partition coefficient (Wildman–Crippen LogP) is 5.09. The molecule has 1 atom stereocenters. The van der Waals surface area contributed by atoms with Crippen LogP contribution in [0.1, 0.15) is 16.5 Å². The third kappa shape index (κ3) is 3.46. The van der Waals surface area contributed by atoms with Gasteiger partial charge < -0.3 is 5.11 Å². The first-order valence-corrected chi connectivity index (χ1v) is 7.30. The van der Waals surface area contributed by atoms with Crippen molar-refractivity contribution in [2.75, 3.05) is 0 Å². The molecule has 1 heterocycles. The lowest BCUT2D eigenvalue weighted by molar-refractivity contribution is 0.179. The van der Waals surface area contributed by atoms with Gasteiger partial charge in [0.1, 0.15) is 0 Å². The van der Waals surface area contributed by atoms with E-state index < -0.39 is 6.10 Å². The molecule has 1 unspecified atom stereocenters. The Balaban J connectivity index is 2.14. The number of rotatable bonds is 3.